The summed E-state index contributed by atoms with van der Waals surface area (Å²) < 4.78 is 0. The van der Waals surface area contributed by atoms with Crippen molar-refractivity contribution in [1.29, 1.82) is 0 Å². The molecular weight excluding hydrogens is 184 g/mol. The van der Waals surface area contributed by atoms with E-state index in [0.29, 0.717) is 12.2 Å². The summed E-state index contributed by atoms with van der Waals surface area (Å²) in [6.45, 7) is 0. The third-order valence-corrected chi connectivity index (χ3v) is 3.12. The molecule has 0 radical (unpaired) electrons. The average Bonchev–Trinajstić information content (AvgIpc) is 2.31. The first kappa shape index (κ1) is 10.4. The van der Waals surface area contributed by atoms with Crippen LogP contribution in [-0.2, 0) is 4.79 Å². The maximum Gasteiger partial charge on any atom is 0.144 e. The number of hydrogen-bond acceptors (Lipinski definition) is 1. The van der Waals surface area contributed by atoms with E-state index >= 15 is 0 Å². The van der Waals surface area contributed by atoms with E-state index < -0.39 is 0 Å². The van der Waals surface area contributed by atoms with E-state index in [1.54, 1.807) is 0 Å². The molecule has 0 N–H and O–H groups in total. The predicted octanol–water partition coefficient (Wildman–Crippen LogP) is 3.58. The second-order valence-corrected chi connectivity index (χ2v) is 4.37. The minimum absolute atomic E-state index is 0.190. The second-order valence-electron chi connectivity index (χ2n) is 4.37. The van der Waals surface area contributed by atoms with Crippen LogP contribution in [0.2, 0.25) is 0 Å². The minimum Gasteiger partial charge on any atom is -0.299 e. The van der Waals surface area contributed by atoms with E-state index in [4.69, 9.17) is 0 Å². The van der Waals surface area contributed by atoms with E-state index in [9.17, 15) is 4.79 Å². The molecule has 0 aliphatic heterocycles. The lowest BCUT2D eigenvalue weighted by atomic mass is 9.88. The third kappa shape index (κ3) is 2.92. The molecule has 80 valence electrons. The number of hydrogen-bond donors (Lipinski definition) is 0. The van der Waals surface area contributed by atoms with Crippen LogP contribution in [0.3, 0.4) is 0 Å². The van der Waals surface area contributed by atoms with E-state index in [1.165, 1.54) is 12.0 Å². The molecule has 0 saturated carbocycles. The van der Waals surface area contributed by atoms with Gasteiger partial charge in [-0.05, 0) is 37.7 Å². The van der Waals surface area contributed by atoms with Gasteiger partial charge in [-0.1, -0.05) is 30.4 Å². The zero-order valence-corrected chi connectivity index (χ0v) is 9.11. The molecule has 0 spiro atoms. The zero-order valence-electron chi connectivity index (χ0n) is 9.11. The van der Waals surface area contributed by atoms with Crippen LogP contribution < -0.4 is 0 Å². The highest BCUT2D eigenvalue weighted by Crippen LogP contribution is 2.22. The first-order chi connectivity index (χ1) is 7.36. The first-order valence-electron chi connectivity index (χ1n) is 5.91. The minimum atomic E-state index is 0.190. The van der Waals surface area contributed by atoms with Gasteiger partial charge in [0.1, 0.15) is 5.78 Å². The van der Waals surface area contributed by atoms with E-state index in [1.807, 2.05) is 0 Å². The molecule has 0 aromatic rings. The second kappa shape index (κ2) is 5.11. The van der Waals surface area contributed by atoms with Gasteiger partial charge in [0.15, 0.2) is 0 Å². The lowest BCUT2D eigenvalue weighted by Gasteiger charge is -2.15. The number of rotatable bonds is 3. The Morgan fingerprint density at radius 3 is 2.87 bits per heavy atom. The van der Waals surface area contributed by atoms with Crippen molar-refractivity contribution in [2.24, 2.45) is 5.92 Å². The van der Waals surface area contributed by atoms with Crippen molar-refractivity contribution < 1.29 is 4.79 Å². The standard InChI is InChI=1S/C14H18O/c15-14(13-9-5-2-6-10-13)11-12-7-3-1-4-8-12/h3,5,7-9,13H,1-2,4,6,10-11H2. The summed E-state index contributed by atoms with van der Waals surface area (Å²) in [4.78, 5) is 11.9. The van der Waals surface area contributed by atoms with Crippen LogP contribution in [0, 0.1) is 5.92 Å². The van der Waals surface area contributed by atoms with Gasteiger partial charge < -0.3 is 0 Å². The molecule has 0 aromatic carbocycles. The molecule has 0 fully saturated rings. The fraction of sp³-hybridized carbons (Fsp3) is 0.500. The van der Waals surface area contributed by atoms with Crippen molar-refractivity contribution in [2.75, 3.05) is 0 Å². The van der Waals surface area contributed by atoms with Gasteiger partial charge in [0.05, 0.1) is 0 Å². The van der Waals surface area contributed by atoms with Gasteiger partial charge in [0.25, 0.3) is 0 Å². The smallest absolute Gasteiger partial charge is 0.144 e. The van der Waals surface area contributed by atoms with E-state index in [0.717, 1.165) is 25.7 Å². The molecule has 1 atom stereocenters. The predicted molar refractivity (Wildman–Crippen MR) is 62.6 cm³/mol. The van der Waals surface area contributed by atoms with Gasteiger partial charge in [-0.2, -0.15) is 0 Å². The van der Waals surface area contributed by atoms with Crippen molar-refractivity contribution in [3.8, 4) is 0 Å². The molecule has 1 heteroatoms. The highest BCUT2D eigenvalue weighted by Gasteiger charge is 2.17. The fourth-order valence-corrected chi connectivity index (χ4v) is 2.21. The quantitative estimate of drug-likeness (QED) is 0.639. The lowest BCUT2D eigenvalue weighted by Crippen LogP contribution is -2.14. The molecule has 1 nitrogen and oxygen atoms in total. The summed E-state index contributed by atoms with van der Waals surface area (Å²) in [5, 5.41) is 0. The average molecular weight is 202 g/mol. The summed E-state index contributed by atoms with van der Waals surface area (Å²) in [7, 11) is 0. The third-order valence-electron chi connectivity index (χ3n) is 3.12. The molecule has 0 saturated heterocycles. The van der Waals surface area contributed by atoms with E-state index in [2.05, 4.69) is 30.4 Å². The molecule has 0 aromatic heterocycles. The van der Waals surface area contributed by atoms with Crippen LogP contribution in [0.4, 0.5) is 0 Å². The summed E-state index contributed by atoms with van der Waals surface area (Å²) in [5.74, 6) is 0.582. The molecule has 0 amide bonds. The zero-order chi connectivity index (χ0) is 10.5. The number of ketones is 1. The molecule has 0 heterocycles. The lowest BCUT2D eigenvalue weighted by molar-refractivity contribution is -0.121. The summed E-state index contributed by atoms with van der Waals surface area (Å²) in [6, 6.07) is 0. The van der Waals surface area contributed by atoms with Gasteiger partial charge in [-0.3, -0.25) is 4.79 Å². The molecule has 1 unspecified atom stereocenters. The monoisotopic (exact) mass is 202 g/mol. The Kier molecular flexibility index (Phi) is 3.54. The van der Waals surface area contributed by atoms with Crippen LogP contribution in [0.5, 0.6) is 0 Å². The normalized spacial score (nSPS) is 25.1. The Balaban J connectivity index is 1.91. The molecular formula is C14H18O. The van der Waals surface area contributed by atoms with Crippen molar-refractivity contribution in [3.05, 3.63) is 36.0 Å². The van der Waals surface area contributed by atoms with Crippen LogP contribution in [0.15, 0.2) is 36.0 Å². The van der Waals surface area contributed by atoms with Crippen molar-refractivity contribution >= 4 is 5.78 Å². The number of carbonyl (C=O) groups is 1. The van der Waals surface area contributed by atoms with Crippen LogP contribution in [0.1, 0.15) is 38.5 Å². The Morgan fingerprint density at radius 1 is 1.27 bits per heavy atom. The van der Waals surface area contributed by atoms with Crippen molar-refractivity contribution in [3.63, 3.8) is 0 Å². The highest BCUT2D eigenvalue weighted by atomic mass is 16.1. The van der Waals surface area contributed by atoms with Crippen LogP contribution in [-0.4, -0.2) is 5.78 Å². The molecule has 15 heavy (non-hydrogen) atoms. The molecule has 2 aliphatic carbocycles. The van der Waals surface area contributed by atoms with Gasteiger partial charge in [-0.15, -0.1) is 0 Å². The van der Waals surface area contributed by atoms with Gasteiger partial charge in [0, 0.05) is 12.3 Å². The first-order valence-corrected chi connectivity index (χ1v) is 5.91. The Hall–Kier alpha value is -1.11. The Bertz CT molecular complexity index is 320. The van der Waals surface area contributed by atoms with Gasteiger partial charge in [-0.25, -0.2) is 0 Å². The number of allylic oxidation sites excluding steroid dienone is 6. The number of carbonyl (C=O) groups excluding carboxylic acids is 1. The molecule has 0 bridgehead atoms. The maximum atomic E-state index is 11.9. The fourth-order valence-electron chi connectivity index (χ4n) is 2.21. The largest absolute Gasteiger partial charge is 0.299 e. The van der Waals surface area contributed by atoms with Gasteiger partial charge in [0.2, 0.25) is 0 Å². The van der Waals surface area contributed by atoms with Crippen LogP contribution in [0.25, 0.3) is 0 Å². The van der Waals surface area contributed by atoms with Crippen molar-refractivity contribution in [2.45, 2.75) is 38.5 Å². The van der Waals surface area contributed by atoms with E-state index in [-0.39, 0.29) is 5.92 Å². The maximum absolute atomic E-state index is 11.9. The Morgan fingerprint density at radius 2 is 2.20 bits per heavy atom. The molecule has 2 rings (SSSR count). The Labute approximate surface area is 91.6 Å². The summed E-state index contributed by atoms with van der Waals surface area (Å²) in [6.07, 6.45) is 16.9. The molecule has 2 aliphatic rings. The summed E-state index contributed by atoms with van der Waals surface area (Å²) >= 11 is 0. The number of Topliss-reactive ketones (excluding diaryl/α,β-unsaturated/α-hetero) is 1. The van der Waals surface area contributed by atoms with Crippen molar-refractivity contribution in [1.82, 2.24) is 0 Å². The topological polar surface area (TPSA) is 17.1 Å². The SMILES string of the molecule is O=C(CC1=CCCC=C1)C1C=CCCC1. The van der Waals surface area contributed by atoms with Crippen LogP contribution >= 0.6 is 0 Å². The highest BCUT2D eigenvalue weighted by molar-refractivity contribution is 5.85. The summed E-state index contributed by atoms with van der Waals surface area (Å²) in [5.41, 5.74) is 1.21. The van der Waals surface area contributed by atoms with Gasteiger partial charge >= 0.3 is 0 Å².